The molecule has 3 rings (SSSR count). The van der Waals surface area contributed by atoms with Crippen molar-refractivity contribution in [2.75, 3.05) is 18.4 Å². The Morgan fingerprint density at radius 2 is 2.12 bits per heavy atom. The zero-order chi connectivity index (χ0) is 18.9. The normalized spacial score (nSPS) is 17.6. The molecule has 0 bridgehead atoms. The van der Waals surface area contributed by atoms with Crippen molar-refractivity contribution in [2.45, 2.75) is 39.5 Å². The van der Waals surface area contributed by atoms with Crippen LogP contribution in [0.2, 0.25) is 0 Å². The van der Waals surface area contributed by atoms with Crippen molar-refractivity contribution in [2.24, 2.45) is 5.92 Å². The van der Waals surface area contributed by atoms with Crippen LogP contribution in [-0.2, 0) is 15.0 Å². The number of anilines is 1. The average Bonchev–Trinajstić information content (AvgIpc) is 3.19. The summed E-state index contributed by atoms with van der Waals surface area (Å²) in [7, 11) is 0. The molecule has 1 unspecified atom stereocenters. The largest absolute Gasteiger partial charge is 0.342 e. The van der Waals surface area contributed by atoms with Gasteiger partial charge in [0.1, 0.15) is 5.82 Å². The van der Waals surface area contributed by atoms with Gasteiger partial charge in [0.05, 0.1) is 11.6 Å². The van der Waals surface area contributed by atoms with Gasteiger partial charge in [-0.3, -0.25) is 9.59 Å². The molecule has 7 heteroatoms. The topological polar surface area (TPSA) is 80.1 Å². The van der Waals surface area contributed by atoms with Gasteiger partial charge < -0.3 is 10.2 Å². The first-order chi connectivity index (χ1) is 12.3. The number of amides is 2. The van der Waals surface area contributed by atoms with Gasteiger partial charge in [0.15, 0.2) is 5.82 Å². The van der Waals surface area contributed by atoms with Gasteiger partial charge in [-0.15, -0.1) is 0 Å². The molecule has 7 nitrogen and oxygen atoms in total. The van der Waals surface area contributed by atoms with Crippen LogP contribution in [0.5, 0.6) is 0 Å². The van der Waals surface area contributed by atoms with Crippen LogP contribution in [0, 0.1) is 5.92 Å². The third-order valence-corrected chi connectivity index (χ3v) is 4.56. The van der Waals surface area contributed by atoms with Gasteiger partial charge >= 0.3 is 0 Å². The molecule has 0 spiro atoms. The molecule has 1 fully saturated rings. The molecular formula is C19H25N5O2. The summed E-state index contributed by atoms with van der Waals surface area (Å²) in [6.07, 6.45) is 1.94. The minimum atomic E-state index is -0.340. The summed E-state index contributed by atoms with van der Waals surface area (Å²) < 4.78 is 1.65. The Balaban J connectivity index is 1.88. The van der Waals surface area contributed by atoms with Crippen LogP contribution in [0.15, 0.2) is 30.5 Å². The average molecular weight is 355 g/mol. The standard InChI is InChI=1S/C19H25N5O2/c1-5-23-12-13(10-17(23)25)18(26)21-16-11-14(19(2,3)4)22-24(16)15-8-6-7-9-20-15/h6-9,11,13H,5,10,12H2,1-4H3,(H,21,26). The third kappa shape index (κ3) is 3.61. The molecule has 3 heterocycles. The molecule has 0 aliphatic carbocycles. The van der Waals surface area contributed by atoms with Crippen LogP contribution in [0.1, 0.15) is 39.8 Å². The number of carbonyl (C=O) groups excluding carboxylic acids is 2. The first-order valence-corrected chi connectivity index (χ1v) is 8.90. The molecule has 2 aromatic heterocycles. The number of nitrogens with one attached hydrogen (secondary N) is 1. The molecule has 1 aliphatic rings. The molecule has 138 valence electrons. The van der Waals surface area contributed by atoms with E-state index in [1.807, 2.05) is 31.2 Å². The maximum atomic E-state index is 12.7. The van der Waals surface area contributed by atoms with E-state index in [0.717, 1.165) is 5.69 Å². The molecule has 26 heavy (non-hydrogen) atoms. The molecule has 2 amide bonds. The van der Waals surface area contributed by atoms with Crippen LogP contribution in [0.4, 0.5) is 5.82 Å². The van der Waals surface area contributed by atoms with Gasteiger partial charge in [-0.25, -0.2) is 4.98 Å². The van der Waals surface area contributed by atoms with Gasteiger partial charge in [0, 0.05) is 37.2 Å². The van der Waals surface area contributed by atoms with Crippen LogP contribution in [0.3, 0.4) is 0 Å². The maximum Gasteiger partial charge on any atom is 0.230 e. The summed E-state index contributed by atoms with van der Waals surface area (Å²) >= 11 is 0. The second kappa shape index (κ2) is 6.90. The lowest BCUT2D eigenvalue weighted by molar-refractivity contribution is -0.128. The predicted molar refractivity (Wildman–Crippen MR) is 99.0 cm³/mol. The van der Waals surface area contributed by atoms with Crippen LogP contribution < -0.4 is 5.32 Å². The molecule has 1 N–H and O–H groups in total. The highest BCUT2D eigenvalue weighted by Gasteiger charge is 2.34. The Morgan fingerprint density at radius 1 is 1.35 bits per heavy atom. The number of hydrogen-bond acceptors (Lipinski definition) is 4. The van der Waals surface area contributed by atoms with Gasteiger partial charge in [-0.05, 0) is 19.1 Å². The van der Waals surface area contributed by atoms with Crippen LogP contribution in [-0.4, -0.2) is 44.6 Å². The van der Waals surface area contributed by atoms with E-state index < -0.39 is 0 Å². The van der Waals surface area contributed by atoms with Crippen molar-refractivity contribution < 1.29 is 9.59 Å². The van der Waals surface area contributed by atoms with Crippen LogP contribution in [0.25, 0.3) is 5.82 Å². The summed E-state index contributed by atoms with van der Waals surface area (Å²) in [5.74, 6) is 0.734. The Kier molecular flexibility index (Phi) is 4.80. The number of hydrogen-bond donors (Lipinski definition) is 1. The summed E-state index contributed by atoms with van der Waals surface area (Å²) in [5.41, 5.74) is 0.693. The van der Waals surface area contributed by atoms with E-state index in [1.165, 1.54) is 0 Å². The van der Waals surface area contributed by atoms with Crippen LogP contribution >= 0.6 is 0 Å². The van der Waals surface area contributed by atoms with E-state index in [0.29, 0.717) is 24.7 Å². The summed E-state index contributed by atoms with van der Waals surface area (Å²) in [6, 6.07) is 7.43. The third-order valence-electron chi connectivity index (χ3n) is 4.56. The lowest BCUT2D eigenvalue weighted by Gasteiger charge is -2.14. The Hall–Kier alpha value is -2.70. The zero-order valence-electron chi connectivity index (χ0n) is 15.7. The second-order valence-corrected chi connectivity index (χ2v) is 7.59. The van der Waals surface area contributed by atoms with Gasteiger partial charge in [0.25, 0.3) is 0 Å². The second-order valence-electron chi connectivity index (χ2n) is 7.59. The highest BCUT2D eigenvalue weighted by atomic mass is 16.2. The minimum absolute atomic E-state index is 0.0289. The fourth-order valence-electron chi connectivity index (χ4n) is 2.97. The minimum Gasteiger partial charge on any atom is -0.342 e. The molecule has 0 aromatic carbocycles. The van der Waals surface area contributed by atoms with E-state index in [-0.39, 0.29) is 29.6 Å². The van der Waals surface area contributed by atoms with E-state index in [1.54, 1.807) is 15.8 Å². The van der Waals surface area contributed by atoms with E-state index in [2.05, 4.69) is 36.2 Å². The van der Waals surface area contributed by atoms with E-state index in [9.17, 15) is 9.59 Å². The van der Waals surface area contributed by atoms with E-state index >= 15 is 0 Å². The van der Waals surface area contributed by atoms with Crippen molar-refractivity contribution in [3.8, 4) is 5.82 Å². The lowest BCUT2D eigenvalue weighted by Crippen LogP contribution is -2.28. The van der Waals surface area contributed by atoms with Crippen molar-refractivity contribution in [3.05, 3.63) is 36.2 Å². The van der Waals surface area contributed by atoms with Crippen molar-refractivity contribution in [3.63, 3.8) is 0 Å². The Bertz CT molecular complexity index is 807. The lowest BCUT2D eigenvalue weighted by atomic mass is 9.92. The monoisotopic (exact) mass is 355 g/mol. The van der Waals surface area contributed by atoms with Gasteiger partial charge in [-0.1, -0.05) is 26.8 Å². The molecule has 1 aliphatic heterocycles. The fourth-order valence-corrected chi connectivity index (χ4v) is 2.97. The first-order valence-electron chi connectivity index (χ1n) is 8.90. The van der Waals surface area contributed by atoms with Gasteiger partial charge in [-0.2, -0.15) is 9.78 Å². The number of pyridine rings is 1. The Labute approximate surface area is 153 Å². The predicted octanol–water partition coefficient (Wildman–Crippen LogP) is 2.37. The number of aromatic nitrogens is 3. The number of nitrogens with zero attached hydrogens (tertiary/aromatic N) is 4. The SMILES string of the molecule is CCN1CC(C(=O)Nc2cc(C(C)(C)C)nn2-c2ccccn2)CC1=O. The summed E-state index contributed by atoms with van der Waals surface area (Å²) in [6.45, 7) is 9.22. The van der Waals surface area contributed by atoms with Gasteiger partial charge in [0.2, 0.25) is 11.8 Å². The maximum absolute atomic E-state index is 12.7. The number of likely N-dealkylation sites (tertiary alicyclic amines) is 1. The molecular weight excluding hydrogens is 330 g/mol. The Morgan fingerprint density at radius 3 is 2.69 bits per heavy atom. The molecule has 1 atom stereocenters. The van der Waals surface area contributed by atoms with Crippen molar-refractivity contribution in [1.29, 1.82) is 0 Å². The highest BCUT2D eigenvalue weighted by Crippen LogP contribution is 2.27. The molecule has 1 saturated heterocycles. The molecule has 2 aromatic rings. The molecule has 0 saturated carbocycles. The van der Waals surface area contributed by atoms with E-state index in [4.69, 9.17) is 0 Å². The number of rotatable bonds is 4. The van der Waals surface area contributed by atoms with Crippen molar-refractivity contribution in [1.82, 2.24) is 19.7 Å². The quantitative estimate of drug-likeness (QED) is 0.913. The number of carbonyl (C=O) groups is 2. The highest BCUT2D eigenvalue weighted by molar-refractivity contribution is 5.96. The smallest absolute Gasteiger partial charge is 0.230 e. The first kappa shape index (κ1) is 18.1. The van der Waals surface area contributed by atoms with Crippen molar-refractivity contribution >= 4 is 17.6 Å². The zero-order valence-corrected chi connectivity index (χ0v) is 15.7. The molecule has 0 radical (unpaired) electrons. The summed E-state index contributed by atoms with van der Waals surface area (Å²) in [4.78, 5) is 30.7. The summed E-state index contributed by atoms with van der Waals surface area (Å²) in [5, 5.41) is 7.59. The fraction of sp³-hybridized carbons (Fsp3) is 0.474.